The largest absolute Gasteiger partial charge is 0.310 e. The predicted octanol–water partition coefficient (Wildman–Crippen LogP) is 17.9. The zero-order valence-corrected chi connectivity index (χ0v) is 36.6. The molecule has 0 N–H and O–H groups in total. The first-order valence-electron chi connectivity index (χ1n) is 23.1. The van der Waals surface area contributed by atoms with Gasteiger partial charge >= 0.3 is 0 Å². The van der Waals surface area contributed by atoms with E-state index in [2.05, 4.69) is 230 Å². The van der Waals surface area contributed by atoms with Gasteiger partial charge in [-0.05, 0) is 157 Å². The fraction of sp³-hybridized carbons (Fsp3) is 0.0794. The summed E-state index contributed by atoms with van der Waals surface area (Å²) in [6.45, 7) is 6.22. The van der Waals surface area contributed by atoms with Gasteiger partial charge in [-0.3, -0.25) is 0 Å². The van der Waals surface area contributed by atoms with Gasteiger partial charge in [0.25, 0.3) is 0 Å². The molecule has 310 valence electrons. The van der Waals surface area contributed by atoms with E-state index >= 15 is 0 Å². The van der Waals surface area contributed by atoms with Crippen molar-refractivity contribution in [2.45, 2.75) is 32.6 Å². The van der Waals surface area contributed by atoms with Crippen molar-refractivity contribution in [3.05, 3.63) is 236 Å². The SMILES string of the molecule is C=C/C=C(\C=C/C)N(C1=CCCC=C1)c1ccc2c3c(-c4ccccc4)c4c5cccc6c(N(C7=CCCC=C7)c7ccccc7)ccc(c4c(-c4ccccc4)c3c3cccc1c23)c65. The van der Waals surface area contributed by atoms with E-state index in [1.165, 1.54) is 104 Å². The lowest BCUT2D eigenvalue weighted by Gasteiger charge is -2.29. The van der Waals surface area contributed by atoms with Gasteiger partial charge in [0.1, 0.15) is 0 Å². The Bertz CT molecular complexity index is 3560. The Kier molecular flexibility index (Phi) is 9.53. The highest BCUT2D eigenvalue weighted by atomic mass is 15.2. The monoisotopic (exact) mass is 832 g/mol. The third-order valence-corrected chi connectivity index (χ3v) is 13.6. The number of benzene rings is 8. The van der Waals surface area contributed by atoms with Crippen LogP contribution in [0.5, 0.6) is 0 Å². The molecule has 0 heterocycles. The molecule has 0 saturated heterocycles. The predicted molar refractivity (Wildman–Crippen MR) is 282 cm³/mol. The smallest absolute Gasteiger partial charge is 0.0540 e. The molecule has 2 nitrogen and oxygen atoms in total. The zero-order chi connectivity index (χ0) is 43.4. The van der Waals surface area contributed by atoms with Crippen LogP contribution in [0.3, 0.4) is 0 Å². The van der Waals surface area contributed by atoms with E-state index < -0.39 is 0 Å². The number of anilines is 3. The average molecular weight is 833 g/mol. The van der Waals surface area contributed by atoms with Crippen LogP contribution in [0.25, 0.3) is 86.9 Å². The Hall–Kier alpha value is -7.94. The second kappa shape index (κ2) is 16.0. The molecule has 2 aliphatic rings. The minimum atomic E-state index is 1.01. The molecule has 2 aliphatic carbocycles. The molecular formula is C63H48N2. The second-order valence-corrected chi connectivity index (χ2v) is 17.3. The maximum absolute atomic E-state index is 4.14. The fourth-order valence-electron chi connectivity index (χ4n) is 11.1. The molecule has 10 aromatic carbocycles. The third-order valence-electron chi connectivity index (χ3n) is 13.6. The van der Waals surface area contributed by atoms with Crippen LogP contribution in [-0.2, 0) is 0 Å². The maximum atomic E-state index is 4.14. The lowest BCUT2D eigenvalue weighted by molar-refractivity contribution is 0.988. The quantitative estimate of drug-likeness (QED) is 0.127. The molecule has 65 heavy (non-hydrogen) atoms. The minimum absolute atomic E-state index is 1.01. The highest BCUT2D eigenvalue weighted by Crippen LogP contribution is 2.57. The van der Waals surface area contributed by atoms with Gasteiger partial charge < -0.3 is 9.80 Å². The van der Waals surface area contributed by atoms with E-state index in [1.807, 2.05) is 6.08 Å². The molecule has 0 spiro atoms. The molecule has 0 unspecified atom stereocenters. The molecule has 0 aromatic heterocycles. The van der Waals surface area contributed by atoms with Crippen molar-refractivity contribution in [2.75, 3.05) is 9.80 Å². The maximum Gasteiger partial charge on any atom is 0.0540 e. The molecule has 0 fully saturated rings. The summed E-state index contributed by atoms with van der Waals surface area (Å²) in [4.78, 5) is 4.88. The van der Waals surface area contributed by atoms with E-state index in [0.717, 1.165) is 42.8 Å². The first kappa shape index (κ1) is 38.7. The van der Waals surface area contributed by atoms with Crippen LogP contribution in [0, 0.1) is 0 Å². The van der Waals surface area contributed by atoms with Gasteiger partial charge in [0.15, 0.2) is 0 Å². The summed E-state index contributed by atoms with van der Waals surface area (Å²) < 4.78 is 0. The van der Waals surface area contributed by atoms with Gasteiger partial charge in [0, 0.05) is 33.6 Å². The summed E-state index contributed by atoms with van der Waals surface area (Å²) in [6, 6.07) is 56.7. The van der Waals surface area contributed by atoms with Crippen LogP contribution >= 0.6 is 0 Å². The minimum Gasteiger partial charge on any atom is -0.310 e. The van der Waals surface area contributed by atoms with Gasteiger partial charge in [0.2, 0.25) is 0 Å². The molecule has 0 aliphatic heterocycles. The Morgan fingerprint density at radius 2 is 0.938 bits per heavy atom. The average Bonchev–Trinajstić information content (AvgIpc) is 3.88. The highest BCUT2D eigenvalue weighted by Gasteiger charge is 2.30. The Morgan fingerprint density at radius 3 is 1.45 bits per heavy atom. The number of hydrogen-bond donors (Lipinski definition) is 0. The van der Waals surface area contributed by atoms with E-state index in [9.17, 15) is 0 Å². The van der Waals surface area contributed by atoms with Crippen LogP contribution in [0.2, 0.25) is 0 Å². The fourth-order valence-corrected chi connectivity index (χ4v) is 11.1. The molecular weight excluding hydrogens is 785 g/mol. The number of para-hydroxylation sites is 1. The second-order valence-electron chi connectivity index (χ2n) is 17.3. The van der Waals surface area contributed by atoms with Crippen molar-refractivity contribution in [1.29, 1.82) is 0 Å². The van der Waals surface area contributed by atoms with Gasteiger partial charge in [-0.2, -0.15) is 0 Å². The van der Waals surface area contributed by atoms with Crippen LogP contribution in [0.15, 0.2) is 236 Å². The van der Waals surface area contributed by atoms with Crippen molar-refractivity contribution in [1.82, 2.24) is 0 Å². The molecule has 12 rings (SSSR count). The first-order valence-corrected chi connectivity index (χ1v) is 23.1. The summed E-state index contributed by atoms with van der Waals surface area (Å²) in [5.74, 6) is 0. The van der Waals surface area contributed by atoms with Crippen molar-refractivity contribution in [2.24, 2.45) is 0 Å². The van der Waals surface area contributed by atoms with Gasteiger partial charge in [-0.1, -0.05) is 170 Å². The molecule has 10 aromatic rings. The molecule has 0 radical (unpaired) electrons. The van der Waals surface area contributed by atoms with E-state index in [0.29, 0.717) is 0 Å². The lowest BCUT2D eigenvalue weighted by Crippen LogP contribution is -2.21. The Labute approximate surface area is 380 Å². The highest BCUT2D eigenvalue weighted by molar-refractivity contribution is 6.47. The lowest BCUT2D eigenvalue weighted by atomic mass is 9.87. The van der Waals surface area contributed by atoms with Gasteiger partial charge in [0.05, 0.1) is 11.4 Å². The van der Waals surface area contributed by atoms with Crippen LogP contribution in [-0.4, -0.2) is 0 Å². The van der Waals surface area contributed by atoms with Gasteiger partial charge in [-0.25, -0.2) is 0 Å². The number of rotatable bonds is 10. The Morgan fingerprint density at radius 1 is 0.462 bits per heavy atom. The number of hydrogen-bond acceptors (Lipinski definition) is 2. The normalized spacial score (nSPS) is 14.4. The summed E-state index contributed by atoms with van der Waals surface area (Å²) in [5, 5.41) is 15.4. The summed E-state index contributed by atoms with van der Waals surface area (Å²) in [7, 11) is 0. The van der Waals surface area contributed by atoms with Crippen molar-refractivity contribution < 1.29 is 0 Å². The standard InChI is InChI=1S/C63H48N2/c1-3-22-44(23-4-2)64(45-28-14-7-15-29-45)54-40-38-52-58-48(54)34-20-36-50(58)60-56(42-24-10-5-11-25-42)63-53-39-41-55(65(46-30-16-8-17-31-46)47-32-18-9-19-33-47)49-35-21-37-51(59(49)53)61(63)57(62(52)60)43-26-12-6-13-27-43/h3-6,8,10-14,16-18,20-41H,1,7,9,15,19H2,2H3/b23-4-,44-22+. The third kappa shape index (κ3) is 6.09. The van der Waals surface area contributed by atoms with E-state index in [-0.39, 0.29) is 0 Å². The van der Waals surface area contributed by atoms with Crippen molar-refractivity contribution in [3.63, 3.8) is 0 Å². The summed E-state index contributed by atoms with van der Waals surface area (Å²) in [6.07, 6.45) is 26.4. The first-order chi connectivity index (χ1) is 32.2. The van der Waals surface area contributed by atoms with Crippen LogP contribution in [0.4, 0.5) is 17.1 Å². The topological polar surface area (TPSA) is 6.48 Å². The molecule has 0 saturated carbocycles. The molecule has 0 amide bonds. The van der Waals surface area contributed by atoms with E-state index in [4.69, 9.17) is 0 Å². The van der Waals surface area contributed by atoms with Crippen LogP contribution < -0.4 is 9.80 Å². The summed E-state index contributed by atoms with van der Waals surface area (Å²) in [5.41, 5.74) is 12.0. The van der Waals surface area contributed by atoms with Crippen molar-refractivity contribution in [3.8, 4) is 22.3 Å². The van der Waals surface area contributed by atoms with Gasteiger partial charge in [-0.15, -0.1) is 0 Å². The molecule has 2 heteroatoms. The van der Waals surface area contributed by atoms with Crippen molar-refractivity contribution >= 4 is 81.7 Å². The number of fused-ring (bicyclic) bond motifs is 6. The zero-order valence-electron chi connectivity index (χ0n) is 36.6. The van der Waals surface area contributed by atoms with E-state index in [1.54, 1.807) is 0 Å². The number of allylic oxidation sites excluding steroid dienone is 10. The molecule has 0 atom stereocenters. The van der Waals surface area contributed by atoms with Crippen LogP contribution in [0.1, 0.15) is 32.6 Å². The number of nitrogens with zero attached hydrogens (tertiary/aromatic N) is 2. The summed E-state index contributed by atoms with van der Waals surface area (Å²) >= 11 is 0. The Balaban J connectivity index is 1.26. The molecule has 0 bridgehead atoms.